The molecule has 0 radical (unpaired) electrons. The molecule has 5 N–H and O–H groups in total. The molecule has 0 saturated heterocycles. The second-order valence-electron chi connectivity index (χ2n) is 6.83. The molecule has 0 heterocycles. The van der Waals surface area contributed by atoms with Gasteiger partial charge in [0, 0.05) is 11.4 Å². The SMILES string of the molecule is Nc1ccc(-c2ccc(N)cc2-c2ccccc2-c2ccccc2)c(C(=O)O)c1. The van der Waals surface area contributed by atoms with Crippen LogP contribution in [0.25, 0.3) is 33.4 Å². The first-order valence-corrected chi connectivity index (χ1v) is 9.22. The van der Waals surface area contributed by atoms with Crippen molar-refractivity contribution in [3.05, 3.63) is 96.6 Å². The van der Waals surface area contributed by atoms with Gasteiger partial charge >= 0.3 is 5.97 Å². The maximum atomic E-state index is 11.9. The summed E-state index contributed by atoms with van der Waals surface area (Å²) in [5.41, 5.74) is 18.5. The van der Waals surface area contributed by atoms with Gasteiger partial charge in [0.2, 0.25) is 0 Å². The van der Waals surface area contributed by atoms with E-state index in [1.165, 1.54) is 6.07 Å². The first-order chi connectivity index (χ1) is 14.0. The summed E-state index contributed by atoms with van der Waals surface area (Å²) in [6.45, 7) is 0. The van der Waals surface area contributed by atoms with Gasteiger partial charge in [0.1, 0.15) is 0 Å². The Labute approximate surface area is 169 Å². The number of carboxylic acid groups (broad SMARTS) is 1. The minimum atomic E-state index is -1.02. The number of carboxylic acids is 1. The lowest BCUT2D eigenvalue weighted by Gasteiger charge is -2.17. The number of aromatic carboxylic acids is 1. The van der Waals surface area contributed by atoms with Gasteiger partial charge in [-0.15, -0.1) is 0 Å². The molecule has 4 heteroatoms. The van der Waals surface area contributed by atoms with Crippen LogP contribution in [0, 0.1) is 0 Å². The highest BCUT2D eigenvalue weighted by molar-refractivity contribution is 6.01. The third kappa shape index (κ3) is 3.56. The lowest BCUT2D eigenvalue weighted by Crippen LogP contribution is -2.02. The predicted octanol–water partition coefficient (Wildman–Crippen LogP) is 5.55. The van der Waals surface area contributed by atoms with Crippen molar-refractivity contribution in [2.24, 2.45) is 0 Å². The minimum Gasteiger partial charge on any atom is -0.478 e. The maximum Gasteiger partial charge on any atom is 0.336 e. The Morgan fingerprint density at radius 2 is 1.14 bits per heavy atom. The summed E-state index contributed by atoms with van der Waals surface area (Å²) in [6, 6.07) is 28.6. The lowest BCUT2D eigenvalue weighted by atomic mass is 9.87. The molecule has 0 saturated carbocycles. The molecule has 0 amide bonds. The first kappa shape index (κ1) is 18.3. The molecule has 0 aliphatic rings. The standard InChI is InChI=1S/C25H20N2O2/c26-17-10-12-21(22-13-11-18(27)15-24(22)25(28)29)23(14-17)20-9-5-4-8-19(20)16-6-2-1-3-7-16/h1-15H,26-27H2,(H,28,29). The summed E-state index contributed by atoms with van der Waals surface area (Å²) >= 11 is 0. The van der Waals surface area contributed by atoms with Crippen molar-refractivity contribution in [3.8, 4) is 33.4 Å². The van der Waals surface area contributed by atoms with Crippen molar-refractivity contribution in [1.29, 1.82) is 0 Å². The van der Waals surface area contributed by atoms with E-state index in [-0.39, 0.29) is 5.56 Å². The zero-order chi connectivity index (χ0) is 20.4. The van der Waals surface area contributed by atoms with Gasteiger partial charge in [-0.05, 0) is 57.6 Å². The quantitative estimate of drug-likeness (QED) is 0.405. The van der Waals surface area contributed by atoms with Crippen LogP contribution in [0.1, 0.15) is 10.4 Å². The summed E-state index contributed by atoms with van der Waals surface area (Å²) in [5, 5.41) is 9.72. The zero-order valence-corrected chi connectivity index (χ0v) is 15.7. The predicted molar refractivity (Wildman–Crippen MR) is 119 cm³/mol. The molecule has 0 atom stereocenters. The highest BCUT2D eigenvalue weighted by Crippen LogP contribution is 2.40. The Kier molecular flexibility index (Phi) is 4.75. The molecular formula is C25H20N2O2. The highest BCUT2D eigenvalue weighted by atomic mass is 16.4. The van der Waals surface area contributed by atoms with Crippen LogP contribution in [-0.4, -0.2) is 11.1 Å². The monoisotopic (exact) mass is 380 g/mol. The molecule has 0 spiro atoms. The van der Waals surface area contributed by atoms with Crippen LogP contribution in [0.5, 0.6) is 0 Å². The number of rotatable bonds is 4. The molecule has 0 fully saturated rings. The Bertz CT molecular complexity index is 1200. The number of nitrogens with two attached hydrogens (primary N) is 2. The van der Waals surface area contributed by atoms with E-state index in [9.17, 15) is 9.90 Å². The molecule has 0 bridgehead atoms. The fourth-order valence-electron chi connectivity index (χ4n) is 3.58. The van der Waals surface area contributed by atoms with Crippen molar-refractivity contribution in [3.63, 3.8) is 0 Å². The van der Waals surface area contributed by atoms with Crippen molar-refractivity contribution in [2.45, 2.75) is 0 Å². The normalized spacial score (nSPS) is 10.6. The Balaban J connectivity index is 2.00. The molecular weight excluding hydrogens is 360 g/mol. The van der Waals surface area contributed by atoms with Gasteiger partial charge in [-0.25, -0.2) is 4.79 Å². The van der Waals surface area contributed by atoms with Crippen molar-refractivity contribution in [1.82, 2.24) is 0 Å². The number of nitrogen functional groups attached to an aromatic ring is 2. The lowest BCUT2D eigenvalue weighted by molar-refractivity contribution is 0.0698. The van der Waals surface area contributed by atoms with Gasteiger partial charge in [0.15, 0.2) is 0 Å². The molecule has 0 unspecified atom stereocenters. The molecule has 142 valence electrons. The van der Waals surface area contributed by atoms with Crippen molar-refractivity contribution < 1.29 is 9.90 Å². The van der Waals surface area contributed by atoms with E-state index < -0.39 is 5.97 Å². The van der Waals surface area contributed by atoms with E-state index in [0.29, 0.717) is 16.9 Å². The van der Waals surface area contributed by atoms with Crippen LogP contribution in [0.4, 0.5) is 11.4 Å². The highest BCUT2D eigenvalue weighted by Gasteiger charge is 2.18. The van der Waals surface area contributed by atoms with E-state index in [2.05, 4.69) is 18.2 Å². The van der Waals surface area contributed by atoms with E-state index in [1.807, 2.05) is 48.5 Å². The average Bonchev–Trinajstić information content (AvgIpc) is 2.74. The van der Waals surface area contributed by atoms with Crippen LogP contribution in [0.15, 0.2) is 91.0 Å². The smallest absolute Gasteiger partial charge is 0.336 e. The Morgan fingerprint density at radius 1 is 0.586 bits per heavy atom. The van der Waals surface area contributed by atoms with E-state index in [1.54, 1.807) is 18.2 Å². The summed E-state index contributed by atoms with van der Waals surface area (Å²) in [6.07, 6.45) is 0. The summed E-state index contributed by atoms with van der Waals surface area (Å²) in [4.78, 5) is 11.9. The third-order valence-corrected chi connectivity index (χ3v) is 4.91. The second kappa shape index (κ2) is 7.52. The van der Waals surface area contributed by atoms with E-state index >= 15 is 0 Å². The molecule has 4 aromatic carbocycles. The molecule has 4 nitrogen and oxygen atoms in total. The number of hydrogen-bond acceptors (Lipinski definition) is 3. The maximum absolute atomic E-state index is 11.9. The largest absolute Gasteiger partial charge is 0.478 e. The Morgan fingerprint density at radius 3 is 1.83 bits per heavy atom. The number of anilines is 2. The molecule has 0 aliphatic heterocycles. The topological polar surface area (TPSA) is 89.3 Å². The fraction of sp³-hybridized carbons (Fsp3) is 0. The van der Waals surface area contributed by atoms with Crippen molar-refractivity contribution >= 4 is 17.3 Å². The summed E-state index contributed by atoms with van der Waals surface area (Å²) < 4.78 is 0. The van der Waals surface area contributed by atoms with Crippen LogP contribution in [0.3, 0.4) is 0 Å². The number of benzene rings is 4. The van der Waals surface area contributed by atoms with Gasteiger partial charge < -0.3 is 16.6 Å². The zero-order valence-electron chi connectivity index (χ0n) is 15.7. The number of carbonyl (C=O) groups is 1. The Hall–Kier alpha value is -4.05. The van der Waals surface area contributed by atoms with Gasteiger partial charge in [-0.3, -0.25) is 0 Å². The second-order valence-corrected chi connectivity index (χ2v) is 6.83. The molecule has 29 heavy (non-hydrogen) atoms. The van der Waals surface area contributed by atoms with Gasteiger partial charge in [-0.1, -0.05) is 66.7 Å². The summed E-state index contributed by atoms with van der Waals surface area (Å²) in [7, 11) is 0. The van der Waals surface area contributed by atoms with Crippen LogP contribution in [0.2, 0.25) is 0 Å². The molecule has 4 rings (SSSR count). The summed E-state index contributed by atoms with van der Waals surface area (Å²) in [5.74, 6) is -1.02. The van der Waals surface area contributed by atoms with Crippen LogP contribution in [-0.2, 0) is 0 Å². The fourth-order valence-corrected chi connectivity index (χ4v) is 3.58. The van der Waals surface area contributed by atoms with Gasteiger partial charge in [0.05, 0.1) is 5.56 Å². The van der Waals surface area contributed by atoms with Gasteiger partial charge in [0.25, 0.3) is 0 Å². The van der Waals surface area contributed by atoms with E-state index in [4.69, 9.17) is 11.5 Å². The van der Waals surface area contributed by atoms with Gasteiger partial charge in [-0.2, -0.15) is 0 Å². The van der Waals surface area contributed by atoms with Crippen LogP contribution < -0.4 is 11.5 Å². The minimum absolute atomic E-state index is 0.160. The third-order valence-electron chi connectivity index (χ3n) is 4.91. The first-order valence-electron chi connectivity index (χ1n) is 9.22. The average molecular weight is 380 g/mol. The molecule has 4 aromatic rings. The van der Waals surface area contributed by atoms with Crippen LogP contribution >= 0.6 is 0 Å². The molecule has 0 aliphatic carbocycles. The molecule has 0 aromatic heterocycles. The number of hydrogen-bond donors (Lipinski definition) is 3. The van der Waals surface area contributed by atoms with Crippen molar-refractivity contribution in [2.75, 3.05) is 11.5 Å². The van der Waals surface area contributed by atoms with E-state index in [0.717, 1.165) is 27.8 Å².